The Morgan fingerprint density at radius 3 is 2.36 bits per heavy atom. The molecule has 5 nitrogen and oxygen atoms in total. The fourth-order valence-electron chi connectivity index (χ4n) is 3.50. The lowest BCUT2D eigenvalue weighted by Crippen LogP contribution is -2.07. The number of nitrogens with one attached hydrogen (secondary N) is 1. The maximum atomic E-state index is 11.7. The van der Waals surface area contributed by atoms with E-state index in [1.807, 2.05) is 36.4 Å². The van der Waals surface area contributed by atoms with Gasteiger partial charge in [0.1, 0.15) is 22.6 Å². The monoisotopic (exact) mass is 372 g/mol. The van der Waals surface area contributed by atoms with Crippen LogP contribution in [0.25, 0.3) is 11.0 Å². The molecule has 0 spiro atoms. The minimum atomic E-state index is -1.01. The van der Waals surface area contributed by atoms with Crippen LogP contribution in [0, 0.1) is 0 Å². The van der Waals surface area contributed by atoms with E-state index in [1.54, 1.807) is 13.2 Å². The first kappa shape index (κ1) is 17.8. The zero-order valence-corrected chi connectivity index (χ0v) is 15.4. The largest absolute Gasteiger partial charge is 0.494 e. The van der Waals surface area contributed by atoms with Gasteiger partial charge in [-0.1, -0.05) is 60.7 Å². The fourth-order valence-corrected chi connectivity index (χ4v) is 3.50. The Bertz CT molecular complexity index is 1100. The van der Waals surface area contributed by atoms with Crippen molar-refractivity contribution in [3.8, 4) is 5.75 Å². The maximum Gasteiger partial charge on any atom is 0.337 e. The quantitative estimate of drug-likeness (QED) is 0.517. The summed E-state index contributed by atoms with van der Waals surface area (Å²) in [5.74, 6) is 0.245. The van der Waals surface area contributed by atoms with Gasteiger partial charge in [0.25, 0.3) is 0 Å². The van der Waals surface area contributed by atoms with Crippen molar-refractivity contribution in [1.29, 1.82) is 0 Å². The molecule has 0 aliphatic rings. The number of carbonyl (C=O) groups is 1. The van der Waals surface area contributed by atoms with Crippen molar-refractivity contribution in [3.63, 3.8) is 0 Å². The molecular weight excluding hydrogens is 352 g/mol. The van der Waals surface area contributed by atoms with Gasteiger partial charge in [-0.05, 0) is 29.7 Å². The number of aromatic nitrogens is 2. The summed E-state index contributed by atoms with van der Waals surface area (Å²) < 4.78 is 5.42. The summed E-state index contributed by atoms with van der Waals surface area (Å²) in [6, 6.07) is 23.5. The number of hydrogen-bond donors (Lipinski definition) is 2. The van der Waals surface area contributed by atoms with Crippen molar-refractivity contribution in [1.82, 2.24) is 9.97 Å². The standard InChI is InChI=1S/C23H20N2O3/c1-28-19-13-12-17(23(26)27)20-21(19)25-22(24-20)18(16-10-6-3-7-11-16)14-15-8-4-2-5-9-15/h2-13,18H,14H2,1H3,(H,24,25)(H,26,27). The van der Waals surface area contributed by atoms with E-state index in [0.29, 0.717) is 16.8 Å². The highest BCUT2D eigenvalue weighted by Gasteiger charge is 2.22. The third kappa shape index (κ3) is 3.34. The molecule has 140 valence electrons. The molecule has 3 aromatic carbocycles. The topological polar surface area (TPSA) is 75.2 Å². The Morgan fingerprint density at radius 2 is 1.71 bits per heavy atom. The number of rotatable bonds is 6. The number of aromatic amines is 1. The van der Waals surface area contributed by atoms with Crippen molar-refractivity contribution < 1.29 is 14.6 Å². The zero-order valence-electron chi connectivity index (χ0n) is 15.4. The molecule has 1 aromatic heterocycles. The number of carboxylic acids is 1. The Balaban J connectivity index is 1.87. The van der Waals surface area contributed by atoms with E-state index in [0.717, 1.165) is 17.8 Å². The molecule has 28 heavy (non-hydrogen) atoms. The molecule has 4 aromatic rings. The van der Waals surface area contributed by atoms with Gasteiger partial charge in [0.2, 0.25) is 0 Å². The first-order chi connectivity index (χ1) is 13.7. The smallest absolute Gasteiger partial charge is 0.337 e. The highest BCUT2D eigenvalue weighted by molar-refractivity contribution is 6.02. The Morgan fingerprint density at radius 1 is 1.04 bits per heavy atom. The molecule has 0 bridgehead atoms. The van der Waals surface area contributed by atoms with Crippen molar-refractivity contribution >= 4 is 17.0 Å². The Hall–Kier alpha value is -3.60. The number of imidazole rings is 1. The van der Waals surface area contributed by atoms with E-state index in [-0.39, 0.29) is 11.5 Å². The number of aromatic carboxylic acids is 1. The molecular formula is C23H20N2O3. The lowest BCUT2D eigenvalue weighted by Gasteiger charge is -2.15. The van der Waals surface area contributed by atoms with E-state index >= 15 is 0 Å². The van der Waals surface area contributed by atoms with Crippen LogP contribution in [0.1, 0.15) is 33.2 Å². The number of hydrogen-bond acceptors (Lipinski definition) is 3. The SMILES string of the molecule is COc1ccc(C(=O)O)c2nc(C(Cc3ccccc3)c3ccccc3)[nH]c12. The summed E-state index contributed by atoms with van der Waals surface area (Å²) >= 11 is 0. The van der Waals surface area contributed by atoms with Crippen LogP contribution in [-0.4, -0.2) is 28.2 Å². The maximum absolute atomic E-state index is 11.7. The van der Waals surface area contributed by atoms with Gasteiger partial charge < -0.3 is 14.8 Å². The number of benzene rings is 3. The van der Waals surface area contributed by atoms with Crippen LogP contribution in [-0.2, 0) is 6.42 Å². The molecule has 5 heteroatoms. The van der Waals surface area contributed by atoms with Gasteiger partial charge in [-0.3, -0.25) is 0 Å². The third-order valence-corrected chi connectivity index (χ3v) is 4.89. The molecule has 4 rings (SSSR count). The minimum Gasteiger partial charge on any atom is -0.494 e. The first-order valence-electron chi connectivity index (χ1n) is 9.06. The van der Waals surface area contributed by atoms with Crippen LogP contribution in [0.2, 0.25) is 0 Å². The van der Waals surface area contributed by atoms with Gasteiger partial charge in [0.15, 0.2) is 0 Å². The number of H-pyrrole nitrogens is 1. The lowest BCUT2D eigenvalue weighted by molar-refractivity contribution is 0.0699. The summed E-state index contributed by atoms with van der Waals surface area (Å²) in [7, 11) is 1.56. The number of ether oxygens (including phenoxy) is 1. The average Bonchev–Trinajstić information content (AvgIpc) is 3.17. The second-order valence-electron chi connectivity index (χ2n) is 6.62. The molecule has 0 radical (unpaired) electrons. The van der Waals surface area contributed by atoms with Crippen LogP contribution >= 0.6 is 0 Å². The average molecular weight is 372 g/mol. The van der Waals surface area contributed by atoms with Gasteiger partial charge in [-0.25, -0.2) is 9.78 Å². The summed E-state index contributed by atoms with van der Waals surface area (Å²) in [4.78, 5) is 19.7. The van der Waals surface area contributed by atoms with Crippen molar-refractivity contribution in [3.05, 3.63) is 95.3 Å². The van der Waals surface area contributed by atoms with Crippen molar-refractivity contribution in [2.24, 2.45) is 0 Å². The number of methoxy groups -OCH3 is 1. The summed E-state index contributed by atoms with van der Waals surface area (Å²) in [5.41, 5.74) is 3.47. The first-order valence-corrected chi connectivity index (χ1v) is 9.06. The molecule has 2 N–H and O–H groups in total. The van der Waals surface area contributed by atoms with E-state index in [2.05, 4.69) is 29.2 Å². The predicted octanol–water partition coefficient (Wildman–Crippen LogP) is 4.64. The highest BCUT2D eigenvalue weighted by Crippen LogP contribution is 2.32. The van der Waals surface area contributed by atoms with Gasteiger partial charge in [0, 0.05) is 5.92 Å². The normalized spacial score (nSPS) is 12.0. The Labute approximate surface area is 162 Å². The zero-order chi connectivity index (χ0) is 19.5. The van der Waals surface area contributed by atoms with E-state index in [1.165, 1.54) is 11.6 Å². The second-order valence-corrected chi connectivity index (χ2v) is 6.62. The summed E-state index contributed by atoms with van der Waals surface area (Å²) in [5, 5.41) is 9.55. The predicted molar refractivity (Wildman–Crippen MR) is 108 cm³/mol. The Kier molecular flexibility index (Phi) is 4.81. The molecule has 0 fully saturated rings. The number of fused-ring (bicyclic) bond motifs is 1. The number of carboxylic acid groups (broad SMARTS) is 1. The molecule has 0 aliphatic carbocycles. The van der Waals surface area contributed by atoms with Crippen LogP contribution in [0.5, 0.6) is 5.75 Å². The van der Waals surface area contributed by atoms with Gasteiger partial charge >= 0.3 is 5.97 Å². The van der Waals surface area contributed by atoms with Crippen molar-refractivity contribution in [2.75, 3.05) is 7.11 Å². The fraction of sp³-hybridized carbons (Fsp3) is 0.130. The molecule has 0 saturated carbocycles. The molecule has 1 unspecified atom stereocenters. The van der Waals surface area contributed by atoms with Crippen LogP contribution in [0.15, 0.2) is 72.8 Å². The van der Waals surface area contributed by atoms with Crippen molar-refractivity contribution in [2.45, 2.75) is 12.3 Å². The summed E-state index contributed by atoms with van der Waals surface area (Å²) in [6.45, 7) is 0. The van der Waals surface area contributed by atoms with E-state index in [4.69, 9.17) is 9.72 Å². The second kappa shape index (κ2) is 7.56. The van der Waals surface area contributed by atoms with E-state index < -0.39 is 5.97 Å². The van der Waals surface area contributed by atoms with Crippen LogP contribution < -0.4 is 4.74 Å². The van der Waals surface area contributed by atoms with Crippen LogP contribution in [0.4, 0.5) is 0 Å². The minimum absolute atomic E-state index is 0.0395. The number of nitrogens with zero attached hydrogens (tertiary/aromatic N) is 1. The molecule has 0 saturated heterocycles. The lowest BCUT2D eigenvalue weighted by atomic mass is 9.91. The van der Waals surface area contributed by atoms with Gasteiger partial charge in [0.05, 0.1) is 12.7 Å². The molecule has 1 atom stereocenters. The summed E-state index contributed by atoms with van der Waals surface area (Å²) in [6.07, 6.45) is 0.745. The molecule has 0 amide bonds. The van der Waals surface area contributed by atoms with Gasteiger partial charge in [-0.2, -0.15) is 0 Å². The molecule has 0 aliphatic heterocycles. The molecule has 1 heterocycles. The van der Waals surface area contributed by atoms with E-state index in [9.17, 15) is 9.90 Å². The van der Waals surface area contributed by atoms with Gasteiger partial charge in [-0.15, -0.1) is 0 Å². The highest BCUT2D eigenvalue weighted by atomic mass is 16.5. The third-order valence-electron chi connectivity index (χ3n) is 4.89. The van der Waals surface area contributed by atoms with Crippen LogP contribution in [0.3, 0.4) is 0 Å².